The van der Waals surface area contributed by atoms with Crippen LogP contribution in [-0.4, -0.2) is 20.3 Å². The molecule has 0 unspecified atom stereocenters. The molecule has 0 fully saturated rings. The zero-order chi connectivity index (χ0) is 8.81. The lowest BCUT2D eigenvalue weighted by molar-refractivity contribution is 0.146. The first kappa shape index (κ1) is 9.07. The second-order valence-electron chi connectivity index (χ2n) is 2.41. The molecule has 0 saturated heterocycles. The fourth-order valence-electron chi connectivity index (χ4n) is 0.847. The van der Waals surface area contributed by atoms with E-state index in [1.807, 2.05) is 18.2 Å². The molecule has 12 heavy (non-hydrogen) atoms. The Balaban J connectivity index is 2.41. The van der Waals surface area contributed by atoms with Gasteiger partial charge in [0, 0.05) is 7.11 Å². The predicted octanol–water partition coefficient (Wildman–Crippen LogP) is 1.77. The Kier molecular flexibility index (Phi) is 3.61. The quantitative estimate of drug-likeness (QED) is 0.631. The van der Waals surface area contributed by atoms with Crippen molar-refractivity contribution in [3.8, 4) is 5.75 Å². The first-order valence-corrected chi connectivity index (χ1v) is 3.80. The Morgan fingerprint density at radius 3 is 2.83 bits per heavy atom. The van der Waals surface area contributed by atoms with E-state index in [1.165, 1.54) is 0 Å². The van der Waals surface area contributed by atoms with Crippen LogP contribution in [0.5, 0.6) is 5.75 Å². The van der Waals surface area contributed by atoms with Crippen LogP contribution in [-0.2, 0) is 4.74 Å². The molecule has 0 aliphatic heterocycles. The minimum absolute atomic E-state index is 0.556. The third-order valence-electron chi connectivity index (χ3n) is 1.41. The maximum Gasteiger partial charge on any atom is 0.119 e. The fraction of sp³-hybridized carbons (Fsp3) is 0.300. The predicted molar refractivity (Wildman–Crippen MR) is 47.2 cm³/mol. The van der Waals surface area contributed by atoms with Gasteiger partial charge < -0.3 is 9.47 Å². The first-order chi connectivity index (χ1) is 5.83. The van der Waals surface area contributed by atoms with Crippen molar-refractivity contribution in [2.45, 2.75) is 0 Å². The smallest absolute Gasteiger partial charge is 0.119 e. The van der Waals surface area contributed by atoms with E-state index in [1.54, 1.807) is 13.2 Å². The van der Waals surface area contributed by atoms with Crippen LogP contribution in [0.4, 0.5) is 0 Å². The topological polar surface area (TPSA) is 18.5 Å². The van der Waals surface area contributed by atoms with Crippen molar-refractivity contribution >= 4 is 0 Å². The van der Waals surface area contributed by atoms with E-state index in [0.29, 0.717) is 18.8 Å². The summed E-state index contributed by atoms with van der Waals surface area (Å²) in [5, 5.41) is 0. The van der Waals surface area contributed by atoms with Crippen LogP contribution in [0.3, 0.4) is 0 Å². The SMILES string of the molecule is [CH]c1cccc(OCCOC)c1. The van der Waals surface area contributed by atoms with E-state index in [2.05, 4.69) is 0 Å². The molecule has 2 heteroatoms. The lowest BCUT2D eigenvalue weighted by atomic mass is 10.2. The number of hydrogen-bond donors (Lipinski definition) is 0. The molecule has 0 heterocycles. The molecule has 0 aliphatic carbocycles. The van der Waals surface area contributed by atoms with Crippen molar-refractivity contribution in [1.29, 1.82) is 0 Å². The first-order valence-electron chi connectivity index (χ1n) is 3.80. The molecule has 0 saturated carbocycles. The lowest BCUT2D eigenvalue weighted by Crippen LogP contribution is -2.03. The molecule has 0 N–H and O–H groups in total. The Morgan fingerprint density at radius 1 is 1.33 bits per heavy atom. The number of rotatable bonds is 4. The van der Waals surface area contributed by atoms with Crippen LogP contribution < -0.4 is 4.74 Å². The molecule has 0 amide bonds. The zero-order valence-corrected chi connectivity index (χ0v) is 7.12. The van der Waals surface area contributed by atoms with Gasteiger partial charge in [-0.3, -0.25) is 0 Å². The molecule has 1 rings (SSSR count). The van der Waals surface area contributed by atoms with Gasteiger partial charge >= 0.3 is 0 Å². The van der Waals surface area contributed by atoms with E-state index in [9.17, 15) is 0 Å². The summed E-state index contributed by atoms with van der Waals surface area (Å²) in [6, 6.07) is 7.34. The van der Waals surface area contributed by atoms with Crippen molar-refractivity contribution < 1.29 is 9.47 Å². The molecule has 64 valence electrons. The number of ether oxygens (including phenoxy) is 2. The molecule has 0 aromatic heterocycles. The van der Waals surface area contributed by atoms with Gasteiger partial charge in [0.15, 0.2) is 0 Å². The average Bonchev–Trinajstić information content (AvgIpc) is 2.05. The molecule has 0 spiro atoms. The maximum absolute atomic E-state index is 5.55. The van der Waals surface area contributed by atoms with Crippen molar-refractivity contribution in [2.24, 2.45) is 0 Å². The van der Waals surface area contributed by atoms with Crippen LogP contribution in [0.1, 0.15) is 5.56 Å². The van der Waals surface area contributed by atoms with Gasteiger partial charge in [0.1, 0.15) is 12.4 Å². The Hall–Kier alpha value is -1.02. The van der Waals surface area contributed by atoms with Crippen molar-refractivity contribution in [1.82, 2.24) is 0 Å². The Bertz CT molecular complexity index is 233. The van der Waals surface area contributed by atoms with Gasteiger partial charge in [-0.15, -0.1) is 0 Å². The zero-order valence-electron chi connectivity index (χ0n) is 7.12. The van der Waals surface area contributed by atoms with E-state index < -0.39 is 0 Å². The van der Waals surface area contributed by atoms with Gasteiger partial charge in [-0.2, -0.15) is 0 Å². The molecule has 0 atom stereocenters. The maximum atomic E-state index is 5.55. The summed E-state index contributed by atoms with van der Waals surface area (Å²) in [4.78, 5) is 0. The largest absolute Gasteiger partial charge is 0.491 e. The van der Waals surface area contributed by atoms with Gasteiger partial charge in [0.05, 0.1) is 6.61 Å². The van der Waals surface area contributed by atoms with E-state index in [4.69, 9.17) is 16.4 Å². The number of benzene rings is 1. The van der Waals surface area contributed by atoms with Crippen molar-refractivity contribution in [3.63, 3.8) is 0 Å². The fourth-order valence-corrected chi connectivity index (χ4v) is 0.847. The standard InChI is InChI=1S/C10H12O2/c1-9-4-3-5-10(8-9)12-7-6-11-2/h1,3-5,8H,6-7H2,2H3. The summed E-state index contributed by atoms with van der Waals surface area (Å²) in [7, 11) is 1.64. The van der Waals surface area contributed by atoms with Crippen LogP contribution >= 0.6 is 0 Å². The van der Waals surface area contributed by atoms with Crippen LogP contribution in [0.2, 0.25) is 0 Å². The Morgan fingerprint density at radius 2 is 2.17 bits per heavy atom. The van der Waals surface area contributed by atoms with Crippen LogP contribution in [0, 0.1) is 6.92 Å². The molecule has 0 aliphatic rings. The molecule has 2 radical (unpaired) electrons. The summed E-state index contributed by atoms with van der Waals surface area (Å²) in [5.74, 6) is 0.784. The van der Waals surface area contributed by atoms with Crippen molar-refractivity contribution in [2.75, 3.05) is 20.3 Å². The van der Waals surface area contributed by atoms with Crippen molar-refractivity contribution in [3.05, 3.63) is 36.8 Å². The van der Waals surface area contributed by atoms with Crippen LogP contribution in [0.15, 0.2) is 24.3 Å². The third kappa shape index (κ3) is 2.93. The monoisotopic (exact) mass is 164 g/mol. The average molecular weight is 164 g/mol. The van der Waals surface area contributed by atoms with E-state index in [0.717, 1.165) is 5.75 Å². The minimum atomic E-state index is 0.556. The van der Waals surface area contributed by atoms with Gasteiger partial charge in [-0.1, -0.05) is 12.1 Å². The van der Waals surface area contributed by atoms with E-state index >= 15 is 0 Å². The highest BCUT2D eigenvalue weighted by Gasteiger charge is 1.92. The summed E-state index contributed by atoms with van der Waals surface area (Å²) in [5.41, 5.74) is 0.713. The second kappa shape index (κ2) is 4.78. The van der Waals surface area contributed by atoms with Gasteiger partial charge in [0.25, 0.3) is 0 Å². The second-order valence-corrected chi connectivity index (χ2v) is 2.41. The van der Waals surface area contributed by atoms with Gasteiger partial charge in [0.2, 0.25) is 0 Å². The van der Waals surface area contributed by atoms with Gasteiger partial charge in [-0.05, 0) is 24.6 Å². The highest BCUT2D eigenvalue weighted by molar-refractivity contribution is 5.29. The summed E-state index contributed by atoms with van der Waals surface area (Å²) in [6.07, 6.45) is 0. The summed E-state index contributed by atoms with van der Waals surface area (Å²) < 4.78 is 10.2. The molecular formula is C10H12O2. The molecule has 2 nitrogen and oxygen atoms in total. The van der Waals surface area contributed by atoms with Gasteiger partial charge in [-0.25, -0.2) is 0 Å². The normalized spacial score (nSPS) is 9.83. The van der Waals surface area contributed by atoms with E-state index in [-0.39, 0.29) is 0 Å². The minimum Gasteiger partial charge on any atom is -0.491 e. The highest BCUT2D eigenvalue weighted by Crippen LogP contribution is 2.11. The molecule has 0 bridgehead atoms. The molecule has 1 aromatic carbocycles. The highest BCUT2D eigenvalue weighted by atomic mass is 16.5. The Labute approximate surface area is 73.1 Å². The number of methoxy groups -OCH3 is 1. The molecule has 1 aromatic rings. The summed E-state index contributed by atoms with van der Waals surface area (Å²) >= 11 is 0. The third-order valence-corrected chi connectivity index (χ3v) is 1.41. The molecular weight excluding hydrogens is 152 g/mol. The summed E-state index contributed by atoms with van der Waals surface area (Å²) in [6.45, 7) is 6.70. The van der Waals surface area contributed by atoms with Crippen LogP contribution in [0.25, 0.3) is 0 Å². The lowest BCUT2D eigenvalue weighted by Gasteiger charge is -2.05. The number of hydrogen-bond acceptors (Lipinski definition) is 2.